The molecule has 3 N–H and O–H groups in total. The monoisotopic (exact) mass is 1740 g/mol. The lowest BCUT2D eigenvalue weighted by Gasteiger charge is -2.19. The number of carbonyl (C=O) groups excluding carboxylic acids is 3. The van der Waals surface area contributed by atoms with Crippen molar-refractivity contribution in [3.63, 3.8) is 0 Å². The van der Waals surface area contributed by atoms with Crippen LogP contribution in [0.25, 0.3) is 28.5 Å². The summed E-state index contributed by atoms with van der Waals surface area (Å²) in [5, 5.41) is 26.8. The number of aromatic nitrogens is 11. The van der Waals surface area contributed by atoms with Gasteiger partial charge in [0.1, 0.15) is 11.4 Å². The molecule has 618 valence electrons. The van der Waals surface area contributed by atoms with Crippen LogP contribution in [0.1, 0.15) is 211 Å². The van der Waals surface area contributed by atoms with Crippen LogP contribution in [0.15, 0.2) is 219 Å². The maximum absolute atomic E-state index is 13.8. The summed E-state index contributed by atoms with van der Waals surface area (Å²) in [5.74, 6) is -1.41. The Kier molecular flexibility index (Phi) is 27.8. The Balaban J connectivity index is 0.000000147. The highest BCUT2D eigenvalue weighted by Gasteiger charge is 2.39. The molecule has 29 heteroatoms. The molecule has 13 aromatic rings. The molecule has 6 heterocycles. The molecule has 120 heavy (non-hydrogen) atoms. The summed E-state index contributed by atoms with van der Waals surface area (Å²) < 4.78 is 86.0. The van der Waals surface area contributed by atoms with Crippen LogP contribution in [0.2, 0.25) is 20.1 Å². The van der Waals surface area contributed by atoms with Crippen LogP contribution in [0.5, 0.6) is 0 Å². The van der Waals surface area contributed by atoms with E-state index in [1.54, 1.807) is 18.3 Å². The van der Waals surface area contributed by atoms with E-state index in [4.69, 9.17) is 74.7 Å². The minimum absolute atomic E-state index is 0.132. The van der Waals surface area contributed by atoms with Crippen LogP contribution in [0.3, 0.4) is 0 Å². The number of hydrogen-bond acceptors (Lipinski definition) is 11. The van der Waals surface area contributed by atoms with Gasteiger partial charge in [0.15, 0.2) is 17.1 Å². The summed E-state index contributed by atoms with van der Waals surface area (Å²) >= 11 is 37.5. The highest BCUT2D eigenvalue weighted by Crippen LogP contribution is 2.43. The Morgan fingerprint density at radius 3 is 1.18 bits per heavy atom. The van der Waals surface area contributed by atoms with Crippen molar-refractivity contribution in [2.75, 3.05) is 11.8 Å². The maximum atomic E-state index is 13.8. The number of fused-ring (bicyclic) bond motifs is 4. The number of carbonyl (C=O) groups is 3. The Morgan fingerprint density at radius 2 is 0.783 bits per heavy atom. The second kappa shape index (κ2) is 38.9. The fraction of sp³-hybridized carbons (Fsp3) is 0.286. The van der Waals surface area contributed by atoms with Gasteiger partial charge in [-0.05, 0) is 190 Å². The van der Waals surface area contributed by atoms with Gasteiger partial charge < -0.3 is 16.0 Å². The zero-order valence-corrected chi connectivity index (χ0v) is 69.5. The molecule has 17 nitrogen and oxygen atoms in total. The summed E-state index contributed by atoms with van der Waals surface area (Å²) in [5.41, 5.74) is 10.9. The van der Waals surface area contributed by atoms with Crippen molar-refractivity contribution >= 4 is 98.2 Å². The molecule has 0 saturated carbocycles. The molecule has 3 amide bonds. The first-order valence-electron chi connectivity index (χ1n) is 39.6. The highest BCUT2D eigenvalue weighted by molar-refractivity contribution is 6.32. The van der Waals surface area contributed by atoms with Gasteiger partial charge in [-0.15, -0.1) is 23.2 Å². The van der Waals surface area contributed by atoms with Crippen molar-refractivity contribution < 1.29 is 40.7 Å². The SMILES string of the molecule is C[C@@H](NC(=O)c1nn(-c2ccnc3cc(Cl)ccc23)c2c1CCCCC2Cc1cccc(Cl)c1)c1ccccc1.O=C(N[C@@H](CCl)c1ccccc1)c1nn(-c2nccc(C(F)(F)F)n2)c2c1CCCCC2Cc1cccc(Cl)c1.O=C(N[C@H](CCl)c1ccccc1)c1nn(-c2nccc(C(F)(F)F)n2)c2c1CCCCC2Cc1cccc(Cl)c1. The summed E-state index contributed by atoms with van der Waals surface area (Å²) in [7, 11) is 0. The van der Waals surface area contributed by atoms with E-state index in [2.05, 4.69) is 57.1 Å². The topological polar surface area (TPSA) is 205 Å². The summed E-state index contributed by atoms with van der Waals surface area (Å²) in [6.07, 6.45) is 6.33. The van der Waals surface area contributed by atoms with Crippen molar-refractivity contribution in [3.8, 4) is 17.6 Å². The lowest BCUT2D eigenvalue weighted by Crippen LogP contribution is -2.30. The number of halogens is 12. The summed E-state index contributed by atoms with van der Waals surface area (Å²) in [6.45, 7) is 2.00. The van der Waals surface area contributed by atoms with Gasteiger partial charge in [-0.1, -0.05) is 193 Å². The molecular formula is C91H82Cl6F6N14O3. The second-order valence-electron chi connectivity index (χ2n) is 30.0. The van der Waals surface area contributed by atoms with Gasteiger partial charge in [-0.2, -0.15) is 41.6 Å². The quantitative estimate of drug-likeness (QED) is 0.0372. The molecule has 0 fully saturated rings. The van der Waals surface area contributed by atoms with Crippen molar-refractivity contribution in [1.29, 1.82) is 0 Å². The number of rotatable bonds is 20. The van der Waals surface area contributed by atoms with Gasteiger partial charge >= 0.3 is 12.4 Å². The number of alkyl halides is 8. The van der Waals surface area contributed by atoms with E-state index in [9.17, 15) is 40.7 Å². The minimum Gasteiger partial charge on any atom is -0.344 e. The van der Waals surface area contributed by atoms with Crippen LogP contribution in [-0.4, -0.2) is 83.7 Å². The average Bonchev–Trinajstić information content (AvgIpc) is 1.60. The first-order valence-corrected chi connectivity index (χ1v) is 42.2. The predicted molar refractivity (Wildman–Crippen MR) is 456 cm³/mol. The van der Waals surface area contributed by atoms with Crippen molar-refractivity contribution in [2.24, 2.45) is 0 Å². The van der Waals surface area contributed by atoms with E-state index in [1.165, 1.54) is 14.9 Å². The second-order valence-corrected chi connectivity index (χ2v) is 32.3. The van der Waals surface area contributed by atoms with Crippen LogP contribution >= 0.6 is 69.6 Å². The molecule has 0 bridgehead atoms. The molecule has 0 radical (unpaired) electrons. The molecule has 6 aromatic heterocycles. The largest absolute Gasteiger partial charge is 0.433 e. The molecule has 3 unspecified atom stereocenters. The summed E-state index contributed by atoms with van der Waals surface area (Å²) in [4.78, 5) is 61.6. The lowest BCUT2D eigenvalue weighted by molar-refractivity contribution is -0.142. The lowest BCUT2D eigenvalue weighted by atomic mass is 9.90. The Morgan fingerprint density at radius 1 is 0.417 bits per heavy atom. The minimum atomic E-state index is -4.66. The molecule has 3 aliphatic rings. The van der Waals surface area contributed by atoms with E-state index in [0.717, 1.165) is 156 Å². The number of pyridine rings is 1. The van der Waals surface area contributed by atoms with Gasteiger partial charge in [0.2, 0.25) is 0 Å². The van der Waals surface area contributed by atoms with Crippen LogP contribution in [0.4, 0.5) is 26.3 Å². The third kappa shape index (κ3) is 20.6. The van der Waals surface area contributed by atoms with Crippen LogP contribution in [-0.2, 0) is 50.9 Å². The Labute approximate surface area is 719 Å². The molecular weight excluding hydrogens is 1660 g/mol. The van der Waals surface area contributed by atoms with E-state index in [0.29, 0.717) is 69.0 Å². The van der Waals surface area contributed by atoms with Gasteiger partial charge in [0, 0.05) is 90.3 Å². The van der Waals surface area contributed by atoms with Gasteiger partial charge in [-0.3, -0.25) is 19.4 Å². The van der Waals surface area contributed by atoms with Gasteiger partial charge in [-0.25, -0.2) is 34.0 Å². The molecule has 16 rings (SSSR count). The Bertz CT molecular complexity index is 5550. The fourth-order valence-corrected chi connectivity index (χ4v) is 17.5. The van der Waals surface area contributed by atoms with Gasteiger partial charge in [0.05, 0.1) is 46.4 Å². The molecule has 0 saturated heterocycles. The first kappa shape index (κ1) is 85.9. The highest BCUT2D eigenvalue weighted by atomic mass is 35.5. The van der Waals surface area contributed by atoms with Gasteiger partial charge in [0.25, 0.3) is 29.6 Å². The average molecular weight is 1750 g/mol. The standard InChI is InChI=1S/C33H30Cl2N4O.2C29H26Cl2F3N5O/c1-21(23-9-3-2-4-10-23)37-33(40)31-28-13-6-5-11-24(18-22-8-7-12-25(34)19-22)32(28)39(38-31)30-16-17-36-29-20-26(35)14-15-27(29)30;2*30-17-23(19-8-2-1-3-9-19)36-27(40)25-22-12-5-4-10-20(15-18-7-6-11-21(31)16-18)26(22)39(38-25)28-35-14-13-24(37-28)29(32,33)34/h2-4,7-10,12,14-17,19-21,24H,5-6,11,13,18H2,1H3,(H,37,40);2*1-3,6-9,11,13-14,16,20,23H,4-5,10,12,15,17H2,(H,36,40)/t21-,24?;2*20?,23-/m110/s1. The smallest absolute Gasteiger partial charge is 0.344 e. The fourth-order valence-electron chi connectivity index (χ4n) is 16.2. The number of hydrogen-bond donors (Lipinski definition) is 3. The van der Waals surface area contributed by atoms with Crippen LogP contribution in [0, 0.1) is 0 Å². The third-order valence-electron chi connectivity index (χ3n) is 21.8. The van der Waals surface area contributed by atoms with Crippen molar-refractivity contribution in [2.45, 2.75) is 151 Å². The van der Waals surface area contributed by atoms with Crippen LogP contribution < -0.4 is 16.0 Å². The molecule has 0 aliphatic heterocycles. The zero-order chi connectivity index (χ0) is 84.2. The third-order valence-corrected chi connectivity index (χ3v) is 23.4. The van der Waals surface area contributed by atoms with Crippen molar-refractivity contribution in [3.05, 3.63) is 334 Å². The number of benzene rings is 7. The first-order chi connectivity index (χ1) is 58.0. The maximum Gasteiger partial charge on any atom is 0.433 e. The molecule has 7 aromatic carbocycles. The molecule has 0 spiro atoms. The Hall–Kier alpha value is -10.5. The van der Waals surface area contributed by atoms with E-state index in [-0.39, 0.29) is 64.7 Å². The number of nitrogens with one attached hydrogen (secondary N) is 3. The molecule has 6 atom stereocenters. The predicted octanol–water partition coefficient (Wildman–Crippen LogP) is 22.5. The zero-order valence-electron chi connectivity index (χ0n) is 64.9. The van der Waals surface area contributed by atoms with E-state index < -0.39 is 47.6 Å². The number of amides is 3. The molecule has 3 aliphatic carbocycles. The van der Waals surface area contributed by atoms with E-state index >= 15 is 0 Å². The normalized spacial score (nSPS) is 16.1. The van der Waals surface area contributed by atoms with E-state index in [1.807, 2.05) is 181 Å². The summed E-state index contributed by atoms with van der Waals surface area (Å²) in [6, 6.07) is 59.8. The van der Waals surface area contributed by atoms with Crippen molar-refractivity contribution in [1.82, 2.24) is 70.2 Å². The number of nitrogens with zero attached hydrogens (tertiary/aromatic N) is 11.